The van der Waals surface area contributed by atoms with Gasteiger partial charge < -0.3 is 5.32 Å². The van der Waals surface area contributed by atoms with Gasteiger partial charge >= 0.3 is 0 Å². The Morgan fingerprint density at radius 3 is 2.25 bits per heavy atom. The first kappa shape index (κ1) is 17.8. The predicted molar refractivity (Wildman–Crippen MR) is 100 cm³/mol. The van der Waals surface area contributed by atoms with E-state index in [0.29, 0.717) is 0 Å². The molecule has 2 rings (SSSR count). The van der Waals surface area contributed by atoms with E-state index in [1.54, 1.807) is 18.2 Å². The summed E-state index contributed by atoms with van der Waals surface area (Å²) in [6, 6.07) is 9.96. The molecule has 0 unspecified atom stereocenters. The first-order chi connectivity index (χ1) is 11.3. The second-order valence-electron chi connectivity index (χ2n) is 5.60. The maximum absolute atomic E-state index is 12.8. The number of hydrogen-bond donors (Lipinski definition) is 2. The zero-order chi connectivity index (χ0) is 17.7. The molecule has 1 amide bonds. The molecule has 2 aromatic rings. The lowest BCUT2D eigenvalue weighted by atomic mass is 10.1. The minimum absolute atomic E-state index is 0.235. The lowest BCUT2D eigenvalue weighted by Crippen LogP contribution is -2.33. The Morgan fingerprint density at radius 2 is 1.67 bits per heavy atom. The predicted octanol–water partition coefficient (Wildman–Crippen LogP) is 4.28. The Labute approximate surface area is 146 Å². The second kappa shape index (κ2) is 7.84. The second-order valence-corrected chi connectivity index (χ2v) is 6.01. The van der Waals surface area contributed by atoms with Crippen LogP contribution in [0, 0.1) is 26.6 Å². The Bertz CT molecular complexity index is 775. The third-order valence-corrected chi connectivity index (χ3v) is 3.65. The largest absolute Gasteiger partial charge is 0.332 e. The number of thiocarbonyl (C=S) groups is 1. The minimum Gasteiger partial charge on any atom is -0.332 e. The van der Waals surface area contributed by atoms with E-state index >= 15 is 0 Å². The Kier molecular flexibility index (Phi) is 5.82. The smallest absolute Gasteiger partial charge is 0.250 e. The molecular formula is C19H19FN2OS. The molecule has 0 fully saturated rings. The number of amides is 1. The molecule has 124 valence electrons. The lowest BCUT2D eigenvalue weighted by molar-refractivity contribution is -0.115. The summed E-state index contributed by atoms with van der Waals surface area (Å²) in [6.45, 7) is 6.01. The molecule has 2 N–H and O–H groups in total. The molecule has 0 aliphatic carbocycles. The van der Waals surface area contributed by atoms with Gasteiger partial charge in [-0.15, -0.1) is 0 Å². The number of nitrogens with one attached hydrogen (secondary N) is 2. The molecule has 0 aromatic heterocycles. The van der Waals surface area contributed by atoms with Crippen molar-refractivity contribution in [3.63, 3.8) is 0 Å². The molecule has 0 spiro atoms. The molecule has 0 saturated heterocycles. The Balaban J connectivity index is 1.97. The van der Waals surface area contributed by atoms with Crippen LogP contribution >= 0.6 is 12.2 Å². The van der Waals surface area contributed by atoms with Crippen molar-refractivity contribution in [2.75, 3.05) is 5.32 Å². The molecule has 0 aliphatic heterocycles. The fourth-order valence-electron chi connectivity index (χ4n) is 2.42. The molecule has 2 aromatic carbocycles. The van der Waals surface area contributed by atoms with Gasteiger partial charge in [-0.25, -0.2) is 4.39 Å². The van der Waals surface area contributed by atoms with E-state index in [1.807, 2.05) is 32.9 Å². The van der Waals surface area contributed by atoms with Gasteiger partial charge in [0.25, 0.3) is 0 Å². The van der Waals surface area contributed by atoms with Crippen LogP contribution in [0.1, 0.15) is 22.3 Å². The van der Waals surface area contributed by atoms with Crippen molar-refractivity contribution in [3.05, 3.63) is 70.5 Å². The van der Waals surface area contributed by atoms with Crippen molar-refractivity contribution in [2.45, 2.75) is 20.8 Å². The average Bonchev–Trinajstić information content (AvgIpc) is 2.50. The van der Waals surface area contributed by atoms with Gasteiger partial charge in [0, 0.05) is 11.8 Å². The maximum atomic E-state index is 12.8. The van der Waals surface area contributed by atoms with E-state index in [2.05, 4.69) is 10.6 Å². The van der Waals surface area contributed by atoms with Crippen LogP contribution in [-0.2, 0) is 4.79 Å². The summed E-state index contributed by atoms with van der Waals surface area (Å²) >= 11 is 5.19. The molecule has 0 radical (unpaired) electrons. The summed E-state index contributed by atoms with van der Waals surface area (Å²) in [6.07, 6.45) is 2.95. The van der Waals surface area contributed by atoms with Crippen LogP contribution in [0.2, 0.25) is 0 Å². The highest BCUT2D eigenvalue weighted by atomic mass is 32.1. The van der Waals surface area contributed by atoms with Gasteiger partial charge in [0.1, 0.15) is 5.82 Å². The van der Waals surface area contributed by atoms with Crippen molar-refractivity contribution >= 4 is 35.0 Å². The van der Waals surface area contributed by atoms with Crippen molar-refractivity contribution in [2.24, 2.45) is 0 Å². The summed E-state index contributed by atoms with van der Waals surface area (Å²) in [5.74, 6) is -0.662. The highest BCUT2D eigenvalue weighted by molar-refractivity contribution is 7.80. The number of halogens is 1. The highest BCUT2D eigenvalue weighted by Crippen LogP contribution is 2.21. The fraction of sp³-hybridized carbons (Fsp3) is 0.158. The van der Waals surface area contributed by atoms with E-state index in [0.717, 1.165) is 22.4 Å². The zero-order valence-corrected chi connectivity index (χ0v) is 14.6. The summed E-state index contributed by atoms with van der Waals surface area (Å²) < 4.78 is 12.8. The van der Waals surface area contributed by atoms with E-state index in [4.69, 9.17) is 12.2 Å². The molecular weight excluding hydrogens is 323 g/mol. The van der Waals surface area contributed by atoms with E-state index in [1.165, 1.54) is 23.8 Å². The monoisotopic (exact) mass is 342 g/mol. The number of anilines is 1. The van der Waals surface area contributed by atoms with Gasteiger partial charge in [-0.3, -0.25) is 10.1 Å². The molecule has 0 aliphatic rings. The van der Waals surface area contributed by atoms with Gasteiger partial charge in [-0.1, -0.05) is 29.8 Å². The molecule has 0 bridgehead atoms. The van der Waals surface area contributed by atoms with Crippen molar-refractivity contribution in [1.82, 2.24) is 5.32 Å². The molecule has 0 saturated carbocycles. The number of rotatable bonds is 3. The molecule has 5 heteroatoms. The topological polar surface area (TPSA) is 41.1 Å². The third kappa shape index (κ3) is 4.99. The number of hydrogen-bond acceptors (Lipinski definition) is 2. The van der Waals surface area contributed by atoms with Gasteiger partial charge in [-0.2, -0.15) is 0 Å². The van der Waals surface area contributed by atoms with Crippen LogP contribution in [-0.4, -0.2) is 11.0 Å². The summed E-state index contributed by atoms with van der Waals surface area (Å²) in [4.78, 5) is 11.9. The minimum atomic E-state index is -0.348. The van der Waals surface area contributed by atoms with Crippen molar-refractivity contribution < 1.29 is 9.18 Å². The number of carbonyl (C=O) groups is 1. The molecule has 24 heavy (non-hydrogen) atoms. The van der Waals surface area contributed by atoms with E-state index in [9.17, 15) is 9.18 Å². The van der Waals surface area contributed by atoms with Crippen LogP contribution in [0.5, 0.6) is 0 Å². The maximum Gasteiger partial charge on any atom is 0.250 e. The number of aryl methyl sites for hydroxylation is 3. The van der Waals surface area contributed by atoms with Crippen molar-refractivity contribution in [3.8, 4) is 0 Å². The van der Waals surface area contributed by atoms with E-state index < -0.39 is 0 Å². The molecule has 0 atom stereocenters. The first-order valence-corrected chi connectivity index (χ1v) is 7.89. The van der Waals surface area contributed by atoms with Crippen LogP contribution in [0.4, 0.5) is 10.1 Å². The molecule has 0 heterocycles. The van der Waals surface area contributed by atoms with E-state index in [-0.39, 0.29) is 16.8 Å². The SMILES string of the molecule is Cc1cc(C)c(NC(=S)NC(=O)C=Cc2ccc(F)cc2)c(C)c1. The van der Waals surface area contributed by atoms with Gasteiger partial charge in [-0.05, 0) is 67.9 Å². The summed E-state index contributed by atoms with van der Waals surface area (Å²) in [5, 5.41) is 5.89. The fourth-order valence-corrected chi connectivity index (χ4v) is 2.62. The number of carbonyl (C=O) groups excluding carboxylic acids is 1. The van der Waals surface area contributed by atoms with Crippen LogP contribution in [0.15, 0.2) is 42.5 Å². The van der Waals surface area contributed by atoms with Crippen LogP contribution in [0.3, 0.4) is 0 Å². The molecule has 3 nitrogen and oxygen atoms in total. The average molecular weight is 342 g/mol. The third-order valence-electron chi connectivity index (χ3n) is 3.45. The van der Waals surface area contributed by atoms with Crippen LogP contribution < -0.4 is 10.6 Å². The Hall–Kier alpha value is -2.53. The van der Waals surface area contributed by atoms with Crippen molar-refractivity contribution in [1.29, 1.82) is 0 Å². The highest BCUT2D eigenvalue weighted by Gasteiger charge is 2.07. The number of benzene rings is 2. The summed E-state index contributed by atoms with van der Waals surface area (Å²) in [5.41, 5.74) is 4.92. The zero-order valence-electron chi connectivity index (χ0n) is 13.8. The van der Waals surface area contributed by atoms with Gasteiger partial charge in [0.05, 0.1) is 0 Å². The standard InChI is InChI=1S/C19H19FN2OS/c1-12-10-13(2)18(14(3)11-12)22-19(24)21-17(23)9-6-15-4-7-16(20)8-5-15/h4-11H,1-3H3,(H2,21,22,23,24). The quantitative estimate of drug-likeness (QED) is 0.646. The first-order valence-electron chi connectivity index (χ1n) is 7.48. The van der Waals surface area contributed by atoms with Gasteiger partial charge in [0.2, 0.25) is 5.91 Å². The normalized spacial score (nSPS) is 10.7. The summed E-state index contributed by atoms with van der Waals surface area (Å²) in [7, 11) is 0. The van der Waals surface area contributed by atoms with Gasteiger partial charge in [0.15, 0.2) is 5.11 Å². The lowest BCUT2D eigenvalue weighted by Gasteiger charge is -2.14. The van der Waals surface area contributed by atoms with Crippen LogP contribution in [0.25, 0.3) is 6.08 Å². The Morgan fingerprint density at radius 1 is 1.08 bits per heavy atom.